The molecule has 0 unspecified atom stereocenters. The van der Waals surface area contributed by atoms with E-state index < -0.39 is 6.10 Å². The topological polar surface area (TPSA) is 86.9 Å². The van der Waals surface area contributed by atoms with Crippen molar-refractivity contribution in [2.45, 2.75) is 20.0 Å². The number of pyridine rings is 1. The van der Waals surface area contributed by atoms with E-state index in [0.29, 0.717) is 27.2 Å². The number of fused-ring (bicyclic) bond motifs is 1. The fourth-order valence-electron chi connectivity index (χ4n) is 3.51. The highest BCUT2D eigenvalue weighted by atomic mass is 32.2. The van der Waals surface area contributed by atoms with Gasteiger partial charge in [0.25, 0.3) is 11.5 Å². The molecule has 1 fully saturated rings. The van der Waals surface area contributed by atoms with Crippen molar-refractivity contribution in [2.75, 3.05) is 18.4 Å². The SMILES string of the molecule is CC(C)CN1C(=O)/C(=C/c2c(NC[C@H](O)c3ccccc3)nc3ccccn3c2=O)SC1=S. The first-order chi connectivity index (χ1) is 15.8. The predicted molar refractivity (Wildman–Crippen MR) is 136 cm³/mol. The van der Waals surface area contributed by atoms with Gasteiger partial charge in [-0.1, -0.05) is 74.2 Å². The number of anilines is 1. The molecule has 2 N–H and O–H groups in total. The van der Waals surface area contributed by atoms with Crippen LogP contribution >= 0.6 is 24.0 Å². The largest absolute Gasteiger partial charge is 0.387 e. The zero-order chi connectivity index (χ0) is 23.5. The molecule has 1 amide bonds. The summed E-state index contributed by atoms with van der Waals surface area (Å²) >= 11 is 6.57. The number of carbonyl (C=O) groups is 1. The lowest BCUT2D eigenvalue weighted by Gasteiger charge is -2.16. The molecule has 0 spiro atoms. The molecule has 0 saturated carbocycles. The summed E-state index contributed by atoms with van der Waals surface area (Å²) in [6.45, 7) is 4.70. The molecule has 1 saturated heterocycles. The lowest BCUT2D eigenvalue weighted by atomic mass is 10.1. The fraction of sp³-hybridized carbons (Fsp3) is 0.250. The van der Waals surface area contributed by atoms with E-state index in [4.69, 9.17) is 12.2 Å². The number of rotatable bonds is 7. The molecule has 0 radical (unpaired) electrons. The van der Waals surface area contributed by atoms with Gasteiger partial charge in [-0.2, -0.15) is 0 Å². The van der Waals surface area contributed by atoms with E-state index in [1.54, 1.807) is 35.4 Å². The Kier molecular flexibility index (Phi) is 6.92. The smallest absolute Gasteiger partial charge is 0.267 e. The summed E-state index contributed by atoms with van der Waals surface area (Å²) in [7, 11) is 0. The molecule has 1 aliphatic rings. The second-order valence-corrected chi connectivity index (χ2v) is 9.78. The number of benzene rings is 1. The van der Waals surface area contributed by atoms with E-state index in [-0.39, 0.29) is 29.5 Å². The lowest BCUT2D eigenvalue weighted by molar-refractivity contribution is -0.122. The molecule has 3 heterocycles. The van der Waals surface area contributed by atoms with Crippen molar-refractivity contribution < 1.29 is 9.90 Å². The van der Waals surface area contributed by atoms with Gasteiger partial charge in [-0.25, -0.2) is 4.98 Å². The maximum absolute atomic E-state index is 13.3. The lowest BCUT2D eigenvalue weighted by Crippen LogP contribution is -2.31. The highest BCUT2D eigenvalue weighted by Crippen LogP contribution is 2.33. The van der Waals surface area contributed by atoms with Gasteiger partial charge in [0, 0.05) is 19.3 Å². The van der Waals surface area contributed by atoms with Crippen molar-refractivity contribution in [1.29, 1.82) is 0 Å². The minimum absolute atomic E-state index is 0.147. The van der Waals surface area contributed by atoms with E-state index in [0.717, 1.165) is 5.56 Å². The number of nitrogens with zero attached hydrogens (tertiary/aromatic N) is 3. The Hall–Kier alpha value is -3.01. The van der Waals surface area contributed by atoms with Gasteiger partial charge in [-0.05, 0) is 29.7 Å². The molecule has 9 heteroatoms. The van der Waals surface area contributed by atoms with Gasteiger partial charge in [0.2, 0.25) is 0 Å². The van der Waals surface area contributed by atoms with Crippen LogP contribution in [0.3, 0.4) is 0 Å². The number of aliphatic hydroxyl groups excluding tert-OH is 1. The third kappa shape index (κ3) is 5.00. The molecule has 0 bridgehead atoms. The molecule has 33 heavy (non-hydrogen) atoms. The van der Waals surface area contributed by atoms with Crippen molar-refractivity contribution in [3.63, 3.8) is 0 Å². The Morgan fingerprint density at radius 2 is 1.88 bits per heavy atom. The number of amides is 1. The fourth-order valence-corrected chi connectivity index (χ4v) is 4.76. The monoisotopic (exact) mass is 480 g/mol. The van der Waals surface area contributed by atoms with E-state index in [9.17, 15) is 14.7 Å². The summed E-state index contributed by atoms with van der Waals surface area (Å²) in [5, 5.41) is 13.7. The molecule has 1 atom stereocenters. The van der Waals surface area contributed by atoms with Crippen molar-refractivity contribution in [1.82, 2.24) is 14.3 Å². The Morgan fingerprint density at radius 3 is 2.61 bits per heavy atom. The number of thioether (sulfide) groups is 1. The predicted octanol–water partition coefficient (Wildman–Crippen LogP) is 3.70. The standard InChI is InChI=1S/C24H24N4O3S2/c1-15(2)14-28-23(31)19(33-24(28)32)12-17-21(25-13-18(29)16-8-4-3-5-9-16)26-20-10-6-7-11-27(20)22(17)30/h3-12,15,18,25,29H,13-14H2,1-2H3/b19-12-/t18-/m0/s1. The van der Waals surface area contributed by atoms with Crippen LogP contribution in [0.15, 0.2) is 64.4 Å². The van der Waals surface area contributed by atoms with Crippen LogP contribution in [0.4, 0.5) is 5.82 Å². The molecule has 3 aromatic rings. The minimum atomic E-state index is -0.792. The maximum Gasteiger partial charge on any atom is 0.267 e. The first kappa shape index (κ1) is 23.2. The van der Waals surface area contributed by atoms with Gasteiger partial charge >= 0.3 is 0 Å². The van der Waals surface area contributed by atoms with Crippen LogP contribution < -0.4 is 10.9 Å². The molecule has 1 aliphatic heterocycles. The van der Waals surface area contributed by atoms with Gasteiger partial charge < -0.3 is 10.4 Å². The Morgan fingerprint density at radius 1 is 1.15 bits per heavy atom. The average molecular weight is 481 g/mol. The second-order valence-electron chi connectivity index (χ2n) is 8.10. The highest BCUT2D eigenvalue weighted by Gasteiger charge is 2.33. The number of carbonyl (C=O) groups excluding carboxylic acids is 1. The second kappa shape index (κ2) is 9.86. The minimum Gasteiger partial charge on any atom is -0.387 e. The van der Waals surface area contributed by atoms with Crippen LogP contribution in [-0.4, -0.2) is 42.7 Å². The molecular weight excluding hydrogens is 456 g/mol. The van der Waals surface area contributed by atoms with Crippen LogP contribution in [0.25, 0.3) is 11.7 Å². The molecular formula is C24H24N4O3S2. The highest BCUT2D eigenvalue weighted by molar-refractivity contribution is 8.26. The zero-order valence-corrected chi connectivity index (χ0v) is 19.9. The molecule has 2 aromatic heterocycles. The quantitative estimate of drug-likeness (QED) is 0.394. The summed E-state index contributed by atoms with van der Waals surface area (Å²) in [4.78, 5) is 32.8. The first-order valence-corrected chi connectivity index (χ1v) is 11.8. The average Bonchev–Trinajstić information content (AvgIpc) is 3.07. The van der Waals surface area contributed by atoms with Gasteiger partial charge in [-0.15, -0.1) is 0 Å². The van der Waals surface area contributed by atoms with E-state index >= 15 is 0 Å². The number of hydrogen-bond donors (Lipinski definition) is 2. The third-order valence-electron chi connectivity index (χ3n) is 5.11. The summed E-state index contributed by atoms with van der Waals surface area (Å²) in [5.41, 5.74) is 1.14. The van der Waals surface area contributed by atoms with Gasteiger partial charge in [0.05, 0.1) is 16.6 Å². The van der Waals surface area contributed by atoms with Gasteiger partial charge in [0.1, 0.15) is 15.8 Å². The number of aliphatic hydroxyl groups is 1. The van der Waals surface area contributed by atoms with Crippen LogP contribution in [0, 0.1) is 5.92 Å². The molecule has 1 aromatic carbocycles. The molecule has 4 rings (SSSR count). The zero-order valence-electron chi connectivity index (χ0n) is 18.3. The van der Waals surface area contributed by atoms with Crippen LogP contribution in [-0.2, 0) is 4.79 Å². The summed E-state index contributed by atoms with van der Waals surface area (Å²) in [5.74, 6) is 0.346. The van der Waals surface area contributed by atoms with E-state index in [1.165, 1.54) is 16.2 Å². The van der Waals surface area contributed by atoms with Gasteiger partial charge in [0.15, 0.2) is 0 Å². The normalized spacial score (nSPS) is 16.2. The van der Waals surface area contributed by atoms with Crippen LogP contribution in [0.1, 0.15) is 31.1 Å². The summed E-state index contributed by atoms with van der Waals surface area (Å²) in [6.07, 6.45) is 2.39. The maximum atomic E-state index is 13.3. The summed E-state index contributed by atoms with van der Waals surface area (Å²) in [6, 6.07) is 14.5. The van der Waals surface area contributed by atoms with Crippen LogP contribution in [0.5, 0.6) is 0 Å². The molecule has 0 aliphatic carbocycles. The number of aromatic nitrogens is 2. The summed E-state index contributed by atoms with van der Waals surface area (Å²) < 4.78 is 1.90. The van der Waals surface area contributed by atoms with Crippen molar-refractivity contribution in [3.05, 3.63) is 81.1 Å². The van der Waals surface area contributed by atoms with Crippen molar-refractivity contribution >= 4 is 51.7 Å². The Bertz CT molecular complexity index is 1290. The third-order valence-corrected chi connectivity index (χ3v) is 6.49. The molecule has 7 nitrogen and oxygen atoms in total. The number of nitrogens with one attached hydrogen (secondary N) is 1. The van der Waals surface area contributed by atoms with Crippen molar-refractivity contribution in [2.24, 2.45) is 5.92 Å². The van der Waals surface area contributed by atoms with Gasteiger partial charge in [-0.3, -0.25) is 18.9 Å². The number of thiocarbonyl (C=S) groups is 1. The van der Waals surface area contributed by atoms with Crippen LogP contribution in [0.2, 0.25) is 0 Å². The molecule has 170 valence electrons. The van der Waals surface area contributed by atoms with E-state index in [2.05, 4.69) is 10.3 Å². The number of hydrogen-bond acceptors (Lipinski definition) is 7. The Labute approximate surface area is 201 Å². The van der Waals surface area contributed by atoms with E-state index in [1.807, 2.05) is 44.2 Å². The Balaban J connectivity index is 1.71. The van der Waals surface area contributed by atoms with Crippen molar-refractivity contribution in [3.8, 4) is 0 Å². The first-order valence-electron chi connectivity index (χ1n) is 10.6.